The van der Waals surface area contributed by atoms with E-state index in [1.807, 2.05) is 6.08 Å². The molecule has 0 aliphatic heterocycles. The number of nitrogens with one attached hydrogen (secondary N) is 1. The highest BCUT2D eigenvalue weighted by Gasteiger charge is 2.18. The molecule has 0 fully saturated rings. The molecule has 3 N–H and O–H groups in total. The van der Waals surface area contributed by atoms with Crippen LogP contribution in [0.4, 0.5) is 0 Å². The minimum atomic E-state index is -0.848. The first-order valence-electron chi connectivity index (χ1n) is 31.0. The highest BCUT2D eigenvalue weighted by molar-refractivity contribution is 5.76. The summed E-state index contributed by atoms with van der Waals surface area (Å²) in [5, 5.41) is 23.2. The number of carbonyl (C=O) groups excluding carboxylic acids is 2. The predicted octanol–water partition coefficient (Wildman–Crippen LogP) is 19.2. The Morgan fingerprint density at radius 1 is 0.397 bits per heavy atom. The lowest BCUT2D eigenvalue weighted by Crippen LogP contribution is -2.45. The molecule has 68 heavy (non-hydrogen) atoms. The van der Waals surface area contributed by atoms with E-state index in [1.54, 1.807) is 6.08 Å². The van der Waals surface area contributed by atoms with Gasteiger partial charge in [0.05, 0.1) is 25.4 Å². The zero-order valence-electron chi connectivity index (χ0n) is 46.1. The summed E-state index contributed by atoms with van der Waals surface area (Å²) in [6, 6.07) is -0.632. The lowest BCUT2D eigenvalue weighted by atomic mass is 10.0. The van der Waals surface area contributed by atoms with Crippen LogP contribution in [-0.2, 0) is 14.3 Å². The van der Waals surface area contributed by atoms with Crippen LogP contribution in [0.15, 0.2) is 12.2 Å². The van der Waals surface area contributed by atoms with Crippen molar-refractivity contribution >= 4 is 11.9 Å². The third kappa shape index (κ3) is 53.9. The number of aliphatic hydroxyl groups excluding tert-OH is 2. The summed E-state index contributed by atoms with van der Waals surface area (Å²) in [7, 11) is 0. The topological polar surface area (TPSA) is 95.9 Å². The Morgan fingerprint density at radius 3 is 1.00 bits per heavy atom. The van der Waals surface area contributed by atoms with E-state index >= 15 is 0 Å². The van der Waals surface area contributed by atoms with Crippen molar-refractivity contribution in [2.24, 2.45) is 0 Å². The number of ether oxygens (including phenoxy) is 1. The van der Waals surface area contributed by atoms with E-state index in [0.717, 1.165) is 38.5 Å². The quantitative estimate of drug-likeness (QED) is 0.0321. The maximum atomic E-state index is 12.5. The molecule has 0 saturated carbocycles. The molecule has 0 spiro atoms. The van der Waals surface area contributed by atoms with Crippen LogP contribution in [-0.4, -0.2) is 47.4 Å². The summed E-state index contributed by atoms with van der Waals surface area (Å²) in [5.41, 5.74) is 0. The standard InChI is InChI=1S/C62H121NO5/c1-3-5-7-9-11-13-15-17-19-20-21-22-24-27-30-34-38-42-46-50-54-60(65)59(58-64)63-61(66)55-51-47-43-39-35-31-28-25-23-26-29-33-37-41-45-49-53-57-68-62(67)56-52-48-44-40-36-32-18-16-14-12-10-8-6-4-2/h50,54,59-60,64-65H,3-49,51-53,55-58H2,1-2H3,(H,63,66)/b54-50+. The Bertz CT molecular complexity index is 1020. The van der Waals surface area contributed by atoms with Crippen LogP contribution in [0, 0.1) is 0 Å². The smallest absolute Gasteiger partial charge is 0.305 e. The molecule has 404 valence electrons. The average Bonchev–Trinajstić information content (AvgIpc) is 3.34. The average molecular weight is 961 g/mol. The third-order valence-electron chi connectivity index (χ3n) is 14.6. The van der Waals surface area contributed by atoms with Gasteiger partial charge in [-0.05, 0) is 32.1 Å². The van der Waals surface area contributed by atoms with Crippen LogP contribution in [0.3, 0.4) is 0 Å². The van der Waals surface area contributed by atoms with Crippen molar-refractivity contribution in [1.82, 2.24) is 5.32 Å². The fraction of sp³-hybridized carbons (Fsp3) is 0.935. The molecule has 1 amide bonds. The number of allylic oxidation sites excluding steroid dienone is 1. The van der Waals surface area contributed by atoms with Crippen LogP contribution in [0.2, 0.25) is 0 Å². The lowest BCUT2D eigenvalue weighted by molar-refractivity contribution is -0.143. The molecule has 6 heteroatoms. The van der Waals surface area contributed by atoms with Gasteiger partial charge in [-0.3, -0.25) is 9.59 Å². The van der Waals surface area contributed by atoms with Crippen molar-refractivity contribution in [3.05, 3.63) is 12.2 Å². The van der Waals surface area contributed by atoms with Crippen LogP contribution in [0.1, 0.15) is 348 Å². The second-order valence-electron chi connectivity index (χ2n) is 21.4. The Balaban J connectivity index is 3.44. The highest BCUT2D eigenvalue weighted by atomic mass is 16.5. The van der Waals surface area contributed by atoms with Crippen molar-refractivity contribution in [2.45, 2.75) is 360 Å². The first-order valence-corrected chi connectivity index (χ1v) is 31.0. The van der Waals surface area contributed by atoms with E-state index in [0.29, 0.717) is 19.4 Å². The van der Waals surface area contributed by atoms with Crippen molar-refractivity contribution in [2.75, 3.05) is 13.2 Å². The molecule has 0 saturated heterocycles. The van der Waals surface area contributed by atoms with Gasteiger partial charge < -0.3 is 20.3 Å². The largest absolute Gasteiger partial charge is 0.466 e. The number of unbranched alkanes of at least 4 members (excludes halogenated alkanes) is 47. The Kier molecular flexibility index (Phi) is 57.0. The first kappa shape index (κ1) is 66.6. The minimum absolute atomic E-state index is 0.00759. The van der Waals surface area contributed by atoms with E-state index in [-0.39, 0.29) is 18.5 Å². The monoisotopic (exact) mass is 960 g/mol. The molecule has 0 aromatic heterocycles. The van der Waals surface area contributed by atoms with Crippen molar-refractivity contribution < 1.29 is 24.5 Å². The molecular formula is C62H121NO5. The third-order valence-corrected chi connectivity index (χ3v) is 14.6. The number of amides is 1. The van der Waals surface area contributed by atoms with Gasteiger partial charge >= 0.3 is 5.97 Å². The molecule has 6 nitrogen and oxygen atoms in total. The van der Waals surface area contributed by atoms with Gasteiger partial charge in [0.1, 0.15) is 0 Å². The second kappa shape index (κ2) is 58.2. The number of hydrogen-bond donors (Lipinski definition) is 3. The first-order chi connectivity index (χ1) is 33.5. The zero-order valence-corrected chi connectivity index (χ0v) is 46.1. The van der Waals surface area contributed by atoms with E-state index in [1.165, 1.54) is 283 Å². The molecule has 0 radical (unpaired) electrons. The Hall–Kier alpha value is -1.40. The molecule has 0 aromatic rings. The number of esters is 1. The summed E-state index contributed by atoms with van der Waals surface area (Å²) in [6.07, 6.45) is 69.6. The minimum Gasteiger partial charge on any atom is -0.466 e. The molecule has 0 aromatic carbocycles. The molecular weight excluding hydrogens is 839 g/mol. The van der Waals surface area contributed by atoms with Crippen LogP contribution < -0.4 is 5.32 Å². The van der Waals surface area contributed by atoms with Gasteiger partial charge in [-0.15, -0.1) is 0 Å². The Labute approximate surface area is 425 Å². The SMILES string of the molecule is CCCCCCCCCCCCCCCCCCCC/C=C/C(O)C(CO)NC(=O)CCCCCCCCCCCCCCCCCCCOC(=O)CCCCCCCCCCCCCCCC. The Morgan fingerprint density at radius 2 is 0.676 bits per heavy atom. The van der Waals surface area contributed by atoms with E-state index in [4.69, 9.17) is 4.74 Å². The van der Waals surface area contributed by atoms with E-state index in [9.17, 15) is 19.8 Å². The van der Waals surface area contributed by atoms with Gasteiger partial charge in [0, 0.05) is 12.8 Å². The molecule has 2 atom stereocenters. The fourth-order valence-corrected chi connectivity index (χ4v) is 9.81. The predicted molar refractivity (Wildman–Crippen MR) is 297 cm³/mol. The summed E-state index contributed by atoms with van der Waals surface area (Å²) >= 11 is 0. The molecule has 0 rings (SSSR count). The van der Waals surface area contributed by atoms with Gasteiger partial charge in [-0.2, -0.15) is 0 Å². The summed E-state index contributed by atoms with van der Waals surface area (Å²) < 4.78 is 5.48. The van der Waals surface area contributed by atoms with Crippen LogP contribution in [0.5, 0.6) is 0 Å². The van der Waals surface area contributed by atoms with Gasteiger partial charge in [0.15, 0.2) is 0 Å². The molecule has 0 aliphatic carbocycles. The zero-order chi connectivity index (χ0) is 49.3. The van der Waals surface area contributed by atoms with Crippen molar-refractivity contribution in [3.8, 4) is 0 Å². The maximum Gasteiger partial charge on any atom is 0.305 e. The molecule has 0 heterocycles. The van der Waals surface area contributed by atoms with E-state index < -0.39 is 12.1 Å². The number of aliphatic hydroxyl groups is 2. The normalized spacial score (nSPS) is 12.6. The molecule has 2 unspecified atom stereocenters. The van der Waals surface area contributed by atoms with Gasteiger partial charge in [0.25, 0.3) is 0 Å². The van der Waals surface area contributed by atoms with Gasteiger partial charge in [0.2, 0.25) is 5.91 Å². The lowest BCUT2D eigenvalue weighted by Gasteiger charge is -2.20. The summed E-state index contributed by atoms with van der Waals surface area (Å²) in [4.78, 5) is 24.5. The van der Waals surface area contributed by atoms with Crippen molar-refractivity contribution in [1.29, 1.82) is 0 Å². The fourth-order valence-electron chi connectivity index (χ4n) is 9.81. The second-order valence-corrected chi connectivity index (χ2v) is 21.4. The van der Waals surface area contributed by atoms with Gasteiger partial charge in [-0.1, -0.05) is 315 Å². The van der Waals surface area contributed by atoms with E-state index in [2.05, 4.69) is 19.2 Å². The number of rotatable bonds is 58. The number of hydrogen-bond acceptors (Lipinski definition) is 5. The molecule has 0 aliphatic rings. The summed E-state index contributed by atoms with van der Waals surface area (Å²) in [6.45, 7) is 4.93. The van der Waals surface area contributed by atoms with Gasteiger partial charge in [-0.25, -0.2) is 0 Å². The van der Waals surface area contributed by atoms with Crippen LogP contribution >= 0.6 is 0 Å². The number of carbonyl (C=O) groups is 2. The highest BCUT2D eigenvalue weighted by Crippen LogP contribution is 2.18. The molecule has 0 bridgehead atoms. The van der Waals surface area contributed by atoms with Crippen molar-refractivity contribution in [3.63, 3.8) is 0 Å². The maximum absolute atomic E-state index is 12.5. The van der Waals surface area contributed by atoms with Crippen LogP contribution in [0.25, 0.3) is 0 Å². The summed E-state index contributed by atoms with van der Waals surface area (Å²) in [5.74, 6) is -0.0620.